The molecule has 0 unspecified atom stereocenters. The monoisotopic (exact) mass is 248 g/mol. The Kier molecular flexibility index (Phi) is 3.82. The molecule has 1 aromatic rings. The van der Waals surface area contributed by atoms with Crippen molar-refractivity contribution in [3.8, 4) is 0 Å². The number of benzene rings is 1. The number of para-hydroxylation sites is 1. The van der Waals surface area contributed by atoms with Gasteiger partial charge in [-0.2, -0.15) is 0 Å². The highest BCUT2D eigenvalue weighted by molar-refractivity contribution is 5.91. The molecule has 2 rings (SSSR count). The Morgan fingerprint density at radius 3 is 2.56 bits per heavy atom. The number of carbonyl (C=O) groups excluding carboxylic acids is 1. The summed E-state index contributed by atoms with van der Waals surface area (Å²) in [5.74, 6) is -0.905. The Hall–Kier alpha value is -2.04. The van der Waals surface area contributed by atoms with Crippen LogP contribution < -0.4 is 5.32 Å². The minimum Gasteiger partial charge on any atom is -0.481 e. The van der Waals surface area contributed by atoms with Crippen LogP contribution in [0.3, 0.4) is 0 Å². The first-order valence-electron chi connectivity index (χ1n) is 6.02. The third-order valence-electron chi connectivity index (χ3n) is 2.99. The molecule has 2 amide bonds. The molecule has 0 saturated carbocycles. The quantitative estimate of drug-likeness (QED) is 0.858. The predicted molar refractivity (Wildman–Crippen MR) is 67.6 cm³/mol. The van der Waals surface area contributed by atoms with Gasteiger partial charge in [0.25, 0.3) is 0 Å². The van der Waals surface area contributed by atoms with Crippen LogP contribution in [0.4, 0.5) is 10.5 Å². The van der Waals surface area contributed by atoms with E-state index in [1.165, 1.54) is 0 Å². The molecule has 1 aromatic carbocycles. The third kappa shape index (κ3) is 3.00. The van der Waals surface area contributed by atoms with Crippen LogP contribution in [0.15, 0.2) is 24.3 Å². The fourth-order valence-electron chi connectivity index (χ4n) is 2.07. The van der Waals surface area contributed by atoms with Crippen molar-refractivity contribution < 1.29 is 14.7 Å². The number of anilines is 1. The van der Waals surface area contributed by atoms with E-state index in [9.17, 15) is 9.59 Å². The summed E-state index contributed by atoms with van der Waals surface area (Å²) >= 11 is 0. The van der Waals surface area contributed by atoms with Crippen molar-refractivity contribution in [2.24, 2.45) is 0 Å². The molecule has 1 heterocycles. The molecule has 5 nitrogen and oxygen atoms in total. The van der Waals surface area contributed by atoms with Crippen LogP contribution in [0.1, 0.15) is 18.4 Å². The third-order valence-corrected chi connectivity index (χ3v) is 2.99. The van der Waals surface area contributed by atoms with Crippen LogP contribution in [0.25, 0.3) is 0 Å². The Morgan fingerprint density at radius 1 is 1.22 bits per heavy atom. The zero-order valence-corrected chi connectivity index (χ0v) is 10.1. The minimum atomic E-state index is -0.905. The number of hydrogen-bond donors (Lipinski definition) is 2. The van der Waals surface area contributed by atoms with E-state index >= 15 is 0 Å². The summed E-state index contributed by atoms with van der Waals surface area (Å²) < 4.78 is 0. The summed E-state index contributed by atoms with van der Waals surface area (Å²) in [7, 11) is 0. The van der Waals surface area contributed by atoms with Gasteiger partial charge in [0.05, 0.1) is 6.42 Å². The van der Waals surface area contributed by atoms with E-state index in [1.807, 2.05) is 0 Å². The predicted octanol–water partition coefficient (Wildman–Crippen LogP) is 1.94. The van der Waals surface area contributed by atoms with Gasteiger partial charge in [-0.3, -0.25) is 4.79 Å². The molecule has 1 aliphatic heterocycles. The Balaban J connectivity index is 2.07. The highest BCUT2D eigenvalue weighted by atomic mass is 16.4. The first kappa shape index (κ1) is 12.4. The number of hydrogen-bond acceptors (Lipinski definition) is 2. The fourth-order valence-corrected chi connectivity index (χ4v) is 2.07. The van der Waals surface area contributed by atoms with Crippen LogP contribution in [-0.2, 0) is 11.2 Å². The number of urea groups is 1. The van der Waals surface area contributed by atoms with Gasteiger partial charge in [0.1, 0.15) is 0 Å². The molecular formula is C13H16N2O3. The lowest BCUT2D eigenvalue weighted by molar-refractivity contribution is -0.136. The summed E-state index contributed by atoms with van der Waals surface area (Å²) in [6.45, 7) is 1.54. The summed E-state index contributed by atoms with van der Waals surface area (Å²) in [6.07, 6.45) is 1.98. The highest BCUT2D eigenvalue weighted by Gasteiger charge is 2.18. The van der Waals surface area contributed by atoms with Crippen LogP contribution in [0, 0.1) is 0 Å². The molecule has 1 saturated heterocycles. The number of aliphatic carboxylic acids is 1. The van der Waals surface area contributed by atoms with Gasteiger partial charge in [0.15, 0.2) is 0 Å². The van der Waals surface area contributed by atoms with Crippen molar-refractivity contribution >= 4 is 17.7 Å². The SMILES string of the molecule is O=C(O)Cc1ccccc1NC(=O)N1CCCC1. The lowest BCUT2D eigenvalue weighted by Crippen LogP contribution is -2.32. The maximum atomic E-state index is 11.9. The Morgan fingerprint density at radius 2 is 1.89 bits per heavy atom. The number of likely N-dealkylation sites (tertiary alicyclic amines) is 1. The van der Waals surface area contributed by atoms with Crippen LogP contribution in [0.2, 0.25) is 0 Å². The molecule has 1 fully saturated rings. The summed E-state index contributed by atoms with van der Waals surface area (Å²) in [6, 6.07) is 6.85. The second-order valence-electron chi connectivity index (χ2n) is 4.35. The van der Waals surface area contributed by atoms with Crippen molar-refractivity contribution in [3.05, 3.63) is 29.8 Å². The molecule has 1 aliphatic rings. The molecule has 18 heavy (non-hydrogen) atoms. The number of nitrogens with zero attached hydrogens (tertiary/aromatic N) is 1. The molecule has 96 valence electrons. The topological polar surface area (TPSA) is 69.6 Å². The van der Waals surface area contributed by atoms with E-state index in [2.05, 4.69) is 5.32 Å². The fraction of sp³-hybridized carbons (Fsp3) is 0.385. The van der Waals surface area contributed by atoms with Gasteiger partial charge in [-0.15, -0.1) is 0 Å². The van der Waals surface area contributed by atoms with Crippen molar-refractivity contribution in [3.63, 3.8) is 0 Å². The molecule has 0 aliphatic carbocycles. The smallest absolute Gasteiger partial charge is 0.321 e. The Labute approximate surface area is 105 Å². The highest BCUT2D eigenvalue weighted by Crippen LogP contribution is 2.17. The molecule has 0 atom stereocenters. The van der Waals surface area contributed by atoms with Crippen LogP contribution >= 0.6 is 0 Å². The van der Waals surface area contributed by atoms with Crippen molar-refractivity contribution in [1.82, 2.24) is 4.90 Å². The van der Waals surface area contributed by atoms with E-state index in [1.54, 1.807) is 29.2 Å². The lowest BCUT2D eigenvalue weighted by atomic mass is 10.1. The molecule has 5 heteroatoms. The van der Waals surface area contributed by atoms with Crippen LogP contribution in [0.5, 0.6) is 0 Å². The lowest BCUT2D eigenvalue weighted by Gasteiger charge is -2.17. The van der Waals surface area contributed by atoms with Gasteiger partial charge in [0, 0.05) is 18.8 Å². The number of nitrogens with one attached hydrogen (secondary N) is 1. The van der Waals surface area contributed by atoms with E-state index in [0.717, 1.165) is 25.9 Å². The van der Waals surface area contributed by atoms with E-state index in [0.29, 0.717) is 11.3 Å². The number of amides is 2. The maximum Gasteiger partial charge on any atom is 0.321 e. The molecular weight excluding hydrogens is 232 g/mol. The summed E-state index contributed by atoms with van der Waals surface area (Å²) in [5.41, 5.74) is 1.20. The number of carboxylic acid groups (broad SMARTS) is 1. The zero-order valence-electron chi connectivity index (χ0n) is 10.1. The van der Waals surface area contributed by atoms with E-state index in [-0.39, 0.29) is 12.5 Å². The minimum absolute atomic E-state index is 0.0869. The number of carboxylic acids is 1. The van der Waals surface area contributed by atoms with Gasteiger partial charge in [0.2, 0.25) is 0 Å². The zero-order chi connectivity index (χ0) is 13.0. The van der Waals surface area contributed by atoms with Gasteiger partial charge in [-0.1, -0.05) is 18.2 Å². The molecule has 0 aromatic heterocycles. The molecule has 2 N–H and O–H groups in total. The molecule has 0 bridgehead atoms. The van der Waals surface area contributed by atoms with Gasteiger partial charge < -0.3 is 15.3 Å². The van der Waals surface area contributed by atoms with Gasteiger partial charge in [-0.05, 0) is 24.5 Å². The summed E-state index contributed by atoms with van der Waals surface area (Å²) in [4.78, 5) is 24.4. The first-order valence-corrected chi connectivity index (χ1v) is 6.02. The first-order chi connectivity index (χ1) is 8.66. The standard InChI is InChI=1S/C13H16N2O3/c16-12(17)9-10-5-1-2-6-11(10)14-13(18)15-7-3-4-8-15/h1-2,5-6H,3-4,7-9H2,(H,14,18)(H,16,17). The average Bonchev–Trinajstić information content (AvgIpc) is 2.84. The van der Waals surface area contributed by atoms with Crippen LogP contribution in [-0.4, -0.2) is 35.1 Å². The largest absolute Gasteiger partial charge is 0.481 e. The van der Waals surface area contributed by atoms with E-state index < -0.39 is 5.97 Å². The van der Waals surface area contributed by atoms with Gasteiger partial charge >= 0.3 is 12.0 Å². The molecule has 0 spiro atoms. The van der Waals surface area contributed by atoms with Crippen molar-refractivity contribution in [2.75, 3.05) is 18.4 Å². The van der Waals surface area contributed by atoms with Crippen molar-refractivity contribution in [1.29, 1.82) is 0 Å². The second kappa shape index (κ2) is 5.53. The normalized spacial score (nSPS) is 14.6. The number of carbonyl (C=O) groups is 2. The van der Waals surface area contributed by atoms with Crippen molar-refractivity contribution in [2.45, 2.75) is 19.3 Å². The number of rotatable bonds is 3. The second-order valence-corrected chi connectivity index (χ2v) is 4.35. The Bertz CT molecular complexity index is 453. The maximum absolute atomic E-state index is 11.9. The summed E-state index contributed by atoms with van der Waals surface area (Å²) in [5, 5.41) is 11.6. The average molecular weight is 248 g/mol. The van der Waals surface area contributed by atoms with Gasteiger partial charge in [-0.25, -0.2) is 4.79 Å². The molecule has 0 radical (unpaired) electrons. The van der Waals surface area contributed by atoms with E-state index in [4.69, 9.17) is 5.11 Å².